The van der Waals surface area contributed by atoms with Gasteiger partial charge in [-0.2, -0.15) is 0 Å². The molecule has 0 radical (unpaired) electrons. The molecule has 3 rings (SSSR count). The maximum absolute atomic E-state index is 13.8. The zero-order valence-electron chi connectivity index (χ0n) is 16.6. The molecule has 2 aromatic rings. The number of ether oxygens (including phenoxy) is 1. The van der Waals surface area contributed by atoms with Crippen LogP contribution in [0.5, 0.6) is 0 Å². The molecule has 0 amide bonds. The van der Waals surface area contributed by atoms with Crippen LogP contribution in [0.2, 0.25) is 0 Å². The first kappa shape index (κ1) is 20.8. The van der Waals surface area contributed by atoms with Crippen LogP contribution < -0.4 is 5.32 Å². The summed E-state index contributed by atoms with van der Waals surface area (Å²) in [6.45, 7) is 4.66. The quantitative estimate of drug-likeness (QED) is 0.569. The van der Waals surface area contributed by atoms with Crippen molar-refractivity contribution in [3.8, 4) is 0 Å². The first-order valence-electron chi connectivity index (χ1n) is 9.69. The molecule has 5 nitrogen and oxygen atoms in total. The van der Waals surface area contributed by atoms with Crippen molar-refractivity contribution in [3.63, 3.8) is 0 Å². The Morgan fingerprint density at radius 2 is 2.14 bits per heavy atom. The van der Waals surface area contributed by atoms with Crippen LogP contribution in [0.4, 0.5) is 4.39 Å². The maximum Gasteiger partial charge on any atom is 0.193 e. The van der Waals surface area contributed by atoms with E-state index < -0.39 is 0 Å². The topological polar surface area (TPSA) is 40.1 Å². The Morgan fingerprint density at radius 1 is 1.32 bits per heavy atom. The van der Waals surface area contributed by atoms with Crippen LogP contribution >= 0.6 is 11.3 Å². The highest BCUT2D eigenvalue weighted by Gasteiger charge is 2.23. The normalized spacial score (nSPS) is 16.8. The minimum absolute atomic E-state index is 0.0713. The van der Waals surface area contributed by atoms with Gasteiger partial charge >= 0.3 is 0 Å². The fourth-order valence-electron chi connectivity index (χ4n) is 3.47. The molecule has 1 aromatic carbocycles. The molecule has 7 heteroatoms. The molecule has 1 saturated heterocycles. The average Bonchev–Trinajstić information content (AvgIpc) is 3.24. The average molecular weight is 405 g/mol. The van der Waals surface area contributed by atoms with Gasteiger partial charge in [0.2, 0.25) is 0 Å². The second kappa shape index (κ2) is 10.5. The SMILES string of the molecule is CN=C(NCC(c1cccc(F)c1)N1CCOCC1)N(C)CCc1cccs1. The van der Waals surface area contributed by atoms with Gasteiger partial charge in [0.05, 0.1) is 19.3 Å². The van der Waals surface area contributed by atoms with Gasteiger partial charge in [-0.3, -0.25) is 9.89 Å². The predicted octanol–water partition coefficient (Wildman–Crippen LogP) is 3.01. The standard InChI is InChI=1S/C21H29FN4OS/c1-23-21(25(2)9-8-19-7-4-14-28-19)24-16-20(26-10-12-27-13-11-26)17-5-3-6-18(22)15-17/h3-7,14-15,20H,8-13,16H2,1-2H3,(H,23,24). The monoisotopic (exact) mass is 404 g/mol. The summed E-state index contributed by atoms with van der Waals surface area (Å²) in [5.41, 5.74) is 0.978. The van der Waals surface area contributed by atoms with Crippen molar-refractivity contribution in [2.45, 2.75) is 12.5 Å². The second-order valence-corrected chi connectivity index (χ2v) is 7.93. The summed E-state index contributed by atoms with van der Waals surface area (Å²) in [7, 11) is 3.85. The fourth-order valence-corrected chi connectivity index (χ4v) is 4.17. The third-order valence-corrected chi connectivity index (χ3v) is 5.96. The number of halogens is 1. The van der Waals surface area contributed by atoms with Crippen molar-refractivity contribution in [3.05, 3.63) is 58.0 Å². The zero-order chi connectivity index (χ0) is 19.8. The third kappa shape index (κ3) is 5.77. The summed E-state index contributed by atoms with van der Waals surface area (Å²) < 4.78 is 19.3. The molecule has 0 bridgehead atoms. The van der Waals surface area contributed by atoms with Crippen LogP contribution in [-0.4, -0.2) is 69.2 Å². The minimum Gasteiger partial charge on any atom is -0.379 e. The van der Waals surface area contributed by atoms with Gasteiger partial charge in [0.25, 0.3) is 0 Å². The van der Waals surface area contributed by atoms with E-state index >= 15 is 0 Å². The van der Waals surface area contributed by atoms with E-state index in [1.54, 1.807) is 30.5 Å². The lowest BCUT2D eigenvalue weighted by Gasteiger charge is -2.35. The van der Waals surface area contributed by atoms with E-state index in [2.05, 4.69) is 44.7 Å². The Hall–Kier alpha value is -1.96. The Balaban J connectivity index is 1.63. The number of hydrogen-bond donors (Lipinski definition) is 1. The van der Waals surface area contributed by atoms with Crippen molar-refractivity contribution in [2.75, 3.05) is 53.5 Å². The van der Waals surface area contributed by atoms with Gasteiger partial charge in [-0.15, -0.1) is 11.3 Å². The van der Waals surface area contributed by atoms with Crippen molar-refractivity contribution in [1.82, 2.24) is 15.1 Å². The molecule has 2 heterocycles. The van der Waals surface area contributed by atoms with Crippen molar-refractivity contribution in [1.29, 1.82) is 0 Å². The molecule has 1 aliphatic rings. The zero-order valence-corrected chi connectivity index (χ0v) is 17.4. The van der Waals surface area contributed by atoms with Crippen LogP contribution in [0.25, 0.3) is 0 Å². The Morgan fingerprint density at radius 3 is 2.82 bits per heavy atom. The van der Waals surface area contributed by atoms with Crippen molar-refractivity contribution >= 4 is 17.3 Å². The largest absolute Gasteiger partial charge is 0.379 e. The van der Waals surface area contributed by atoms with Gasteiger partial charge in [-0.25, -0.2) is 4.39 Å². The number of guanidine groups is 1. The third-order valence-electron chi connectivity index (χ3n) is 5.02. The number of nitrogens with zero attached hydrogens (tertiary/aromatic N) is 3. The molecule has 1 fully saturated rings. The molecule has 1 aromatic heterocycles. The molecule has 152 valence electrons. The Labute approximate surface area is 170 Å². The molecule has 0 spiro atoms. The predicted molar refractivity (Wildman–Crippen MR) is 114 cm³/mol. The molecular formula is C21H29FN4OS. The molecule has 1 N–H and O–H groups in total. The van der Waals surface area contributed by atoms with E-state index in [1.165, 1.54) is 10.9 Å². The first-order valence-corrected chi connectivity index (χ1v) is 10.6. The summed E-state index contributed by atoms with van der Waals surface area (Å²) in [4.78, 5) is 10.3. The van der Waals surface area contributed by atoms with Crippen LogP contribution in [-0.2, 0) is 11.2 Å². The fraction of sp³-hybridized carbons (Fsp3) is 0.476. The molecule has 28 heavy (non-hydrogen) atoms. The van der Waals surface area contributed by atoms with Gasteiger partial charge in [0, 0.05) is 45.2 Å². The number of morpholine rings is 1. The molecule has 0 aliphatic carbocycles. The molecular weight excluding hydrogens is 375 g/mol. The van der Waals surface area contributed by atoms with Crippen LogP contribution in [0.15, 0.2) is 46.8 Å². The highest BCUT2D eigenvalue weighted by atomic mass is 32.1. The van der Waals surface area contributed by atoms with Crippen LogP contribution in [0.1, 0.15) is 16.5 Å². The molecule has 1 atom stereocenters. The smallest absolute Gasteiger partial charge is 0.193 e. The van der Waals surface area contributed by atoms with Gasteiger partial charge < -0.3 is 15.0 Å². The van der Waals surface area contributed by atoms with Crippen LogP contribution in [0, 0.1) is 5.82 Å². The van der Waals surface area contributed by atoms with Gasteiger partial charge in [-0.05, 0) is 35.6 Å². The maximum atomic E-state index is 13.8. The highest BCUT2D eigenvalue weighted by Crippen LogP contribution is 2.22. The van der Waals surface area contributed by atoms with Crippen molar-refractivity contribution < 1.29 is 9.13 Å². The molecule has 1 aliphatic heterocycles. The van der Waals surface area contributed by atoms with Crippen molar-refractivity contribution in [2.24, 2.45) is 4.99 Å². The van der Waals surface area contributed by atoms with E-state index in [1.807, 2.05) is 6.07 Å². The van der Waals surface area contributed by atoms with Crippen LogP contribution in [0.3, 0.4) is 0 Å². The number of rotatable bonds is 7. The number of likely N-dealkylation sites (N-methyl/N-ethyl adjacent to an activating group) is 1. The minimum atomic E-state index is -0.201. The number of thiophene rings is 1. The summed E-state index contributed by atoms with van der Waals surface area (Å²) >= 11 is 1.78. The lowest BCUT2D eigenvalue weighted by molar-refractivity contribution is 0.0168. The lowest BCUT2D eigenvalue weighted by Crippen LogP contribution is -2.47. The number of benzene rings is 1. The van der Waals surface area contributed by atoms with Gasteiger partial charge in [-0.1, -0.05) is 18.2 Å². The second-order valence-electron chi connectivity index (χ2n) is 6.90. The number of nitrogens with one attached hydrogen (secondary N) is 1. The number of hydrogen-bond acceptors (Lipinski definition) is 4. The number of aliphatic imine (C=N–C) groups is 1. The summed E-state index contributed by atoms with van der Waals surface area (Å²) in [5.74, 6) is 0.652. The summed E-state index contributed by atoms with van der Waals surface area (Å²) in [6.07, 6.45) is 0.992. The Bertz CT molecular complexity index is 747. The van der Waals surface area contributed by atoms with E-state index in [4.69, 9.17) is 4.74 Å². The van der Waals surface area contributed by atoms with Gasteiger partial charge in [0.15, 0.2) is 5.96 Å². The molecule has 1 unspecified atom stereocenters. The van der Waals surface area contributed by atoms with E-state index in [9.17, 15) is 4.39 Å². The molecule has 0 saturated carbocycles. The first-order chi connectivity index (χ1) is 13.7. The lowest BCUT2D eigenvalue weighted by atomic mass is 10.0. The summed E-state index contributed by atoms with van der Waals surface area (Å²) in [6, 6.07) is 11.2. The van der Waals surface area contributed by atoms with E-state index in [0.717, 1.165) is 37.6 Å². The Kier molecular flexibility index (Phi) is 7.82. The summed E-state index contributed by atoms with van der Waals surface area (Å²) in [5, 5.41) is 5.59. The highest BCUT2D eigenvalue weighted by molar-refractivity contribution is 7.09. The van der Waals surface area contributed by atoms with E-state index in [-0.39, 0.29) is 11.9 Å². The van der Waals surface area contributed by atoms with Gasteiger partial charge in [0.1, 0.15) is 5.82 Å². The van der Waals surface area contributed by atoms with E-state index in [0.29, 0.717) is 19.8 Å².